The minimum atomic E-state index is -0.430. The van der Waals surface area contributed by atoms with Gasteiger partial charge in [0.05, 0.1) is 25.8 Å². The van der Waals surface area contributed by atoms with E-state index in [0.29, 0.717) is 30.3 Å². The predicted octanol–water partition coefficient (Wildman–Crippen LogP) is 1.32. The van der Waals surface area contributed by atoms with Gasteiger partial charge in [0.25, 0.3) is 0 Å². The average Bonchev–Trinajstić information content (AvgIpc) is 2.51. The third kappa shape index (κ3) is 3.75. The van der Waals surface area contributed by atoms with Gasteiger partial charge in [-0.15, -0.1) is 0 Å². The van der Waals surface area contributed by atoms with E-state index in [4.69, 9.17) is 4.74 Å². The highest BCUT2D eigenvalue weighted by molar-refractivity contribution is 5.96. The molecule has 22 heavy (non-hydrogen) atoms. The van der Waals surface area contributed by atoms with E-state index in [-0.39, 0.29) is 24.7 Å². The quantitative estimate of drug-likeness (QED) is 0.848. The van der Waals surface area contributed by atoms with Crippen molar-refractivity contribution in [1.82, 2.24) is 0 Å². The Bertz CT molecular complexity index is 600. The third-order valence-corrected chi connectivity index (χ3v) is 3.27. The first-order valence-electron chi connectivity index (χ1n) is 6.93. The van der Waals surface area contributed by atoms with Crippen LogP contribution in [-0.4, -0.2) is 38.0 Å². The molecule has 0 saturated heterocycles. The van der Waals surface area contributed by atoms with Gasteiger partial charge in [-0.3, -0.25) is 14.4 Å². The van der Waals surface area contributed by atoms with Crippen molar-refractivity contribution < 1.29 is 23.9 Å². The molecule has 0 bridgehead atoms. The Balaban J connectivity index is 2.03. The van der Waals surface area contributed by atoms with Crippen LogP contribution < -0.4 is 15.0 Å². The fourth-order valence-electron chi connectivity index (χ4n) is 2.17. The van der Waals surface area contributed by atoms with Crippen LogP contribution in [0.1, 0.15) is 19.8 Å². The molecule has 2 amide bonds. The monoisotopic (exact) mass is 306 g/mol. The molecule has 7 heteroatoms. The van der Waals surface area contributed by atoms with Crippen LogP contribution in [0, 0.1) is 0 Å². The largest absolute Gasteiger partial charge is 0.489 e. The summed E-state index contributed by atoms with van der Waals surface area (Å²) in [5.41, 5.74) is 1.24. The average molecular weight is 306 g/mol. The fourth-order valence-corrected chi connectivity index (χ4v) is 2.17. The Kier molecular flexibility index (Phi) is 4.98. The summed E-state index contributed by atoms with van der Waals surface area (Å²) < 4.78 is 10.0. The number of amides is 2. The second kappa shape index (κ2) is 6.93. The SMILES string of the molecule is COC(=O)CCC(=O)Nc1ccc2c(c1)OCCN2C(C)=O. The summed E-state index contributed by atoms with van der Waals surface area (Å²) in [5.74, 6) is -0.225. The van der Waals surface area contributed by atoms with Gasteiger partial charge in [-0.25, -0.2) is 0 Å². The number of rotatable bonds is 4. The van der Waals surface area contributed by atoms with Gasteiger partial charge in [0.1, 0.15) is 12.4 Å². The number of hydrogen-bond acceptors (Lipinski definition) is 5. The molecule has 1 aromatic carbocycles. The Morgan fingerprint density at radius 1 is 1.32 bits per heavy atom. The molecule has 1 aliphatic rings. The topological polar surface area (TPSA) is 84.9 Å². The van der Waals surface area contributed by atoms with E-state index in [2.05, 4.69) is 10.1 Å². The number of anilines is 2. The van der Waals surface area contributed by atoms with E-state index in [1.807, 2.05) is 0 Å². The van der Waals surface area contributed by atoms with Crippen LogP contribution in [0.25, 0.3) is 0 Å². The Hall–Kier alpha value is -2.57. The molecule has 0 radical (unpaired) electrons. The van der Waals surface area contributed by atoms with Crippen molar-refractivity contribution in [2.24, 2.45) is 0 Å². The van der Waals surface area contributed by atoms with Gasteiger partial charge in [-0.1, -0.05) is 0 Å². The lowest BCUT2D eigenvalue weighted by molar-refractivity contribution is -0.141. The zero-order valence-corrected chi connectivity index (χ0v) is 12.5. The van der Waals surface area contributed by atoms with Gasteiger partial charge in [-0.2, -0.15) is 0 Å². The van der Waals surface area contributed by atoms with Gasteiger partial charge >= 0.3 is 5.97 Å². The number of ether oxygens (including phenoxy) is 2. The van der Waals surface area contributed by atoms with Crippen LogP contribution in [-0.2, 0) is 19.1 Å². The highest BCUT2D eigenvalue weighted by Gasteiger charge is 2.21. The molecule has 1 aromatic rings. The van der Waals surface area contributed by atoms with Gasteiger partial charge in [-0.05, 0) is 12.1 Å². The number of benzene rings is 1. The number of nitrogens with zero attached hydrogens (tertiary/aromatic N) is 1. The Labute approximate surface area is 128 Å². The zero-order valence-electron chi connectivity index (χ0n) is 12.5. The van der Waals surface area contributed by atoms with Crippen molar-refractivity contribution in [3.63, 3.8) is 0 Å². The molecule has 2 rings (SSSR count). The Morgan fingerprint density at radius 2 is 2.09 bits per heavy atom. The van der Waals surface area contributed by atoms with Gasteiger partial charge in [0.2, 0.25) is 11.8 Å². The van der Waals surface area contributed by atoms with Gasteiger partial charge < -0.3 is 19.7 Å². The predicted molar refractivity (Wildman–Crippen MR) is 79.8 cm³/mol. The first kappa shape index (κ1) is 15.8. The van der Waals surface area contributed by atoms with Gasteiger partial charge in [0, 0.05) is 25.1 Å². The van der Waals surface area contributed by atoms with Crippen molar-refractivity contribution in [3.8, 4) is 5.75 Å². The van der Waals surface area contributed by atoms with Crippen molar-refractivity contribution in [2.75, 3.05) is 30.5 Å². The summed E-state index contributed by atoms with van der Waals surface area (Å²) >= 11 is 0. The first-order chi connectivity index (χ1) is 10.5. The molecular formula is C15H18N2O5. The maximum Gasteiger partial charge on any atom is 0.306 e. The lowest BCUT2D eigenvalue weighted by atomic mass is 10.2. The second-order valence-electron chi connectivity index (χ2n) is 4.83. The van der Waals surface area contributed by atoms with Crippen LogP contribution in [0.3, 0.4) is 0 Å². The van der Waals surface area contributed by atoms with Crippen molar-refractivity contribution in [3.05, 3.63) is 18.2 Å². The van der Waals surface area contributed by atoms with E-state index in [9.17, 15) is 14.4 Å². The summed E-state index contributed by atoms with van der Waals surface area (Å²) in [6.45, 7) is 2.41. The van der Waals surface area contributed by atoms with E-state index < -0.39 is 5.97 Å². The van der Waals surface area contributed by atoms with Crippen molar-refractivity contribution >= 4 is 29.2 Å². The molecule has 0 aliphatic carbocycles. The molecule has 0 unspecified atom stereocenters. The fraction of sp³-hybridized carbons (Fsp3) is 0.400. The number of methoxy groups -OCH3 is 1. The maximum absolute atomic E-state index is 11.7. The summed E-state index contributed by atoms with van der Waals surface area (Å²) in [6, 6.07) is 5.09. The normalized spacial score (nSPS) is 12.9. The third-order valence-electron chi connectivity index (χ3n) is 3.27. The van der Waals surface area contributed by atoms with Crippen LogP contribution >= 0.6 is 0 Å². The van der Waals surface area contributed by atoms with Gasteiger partial charge in [0.15, 0.2) is 0 Å². The van der Waals surface area contributed by atoms with Crippen molar-refractivity contribution in [2.45, 2.75) is 19.8 Å². The van der Waals surface area contributed by atoms with Crippen LogP contribution in [0.4, 0.5) is 11.4 Å². The minimum absolute atomic E-state index is 0.0297. The van der Waals surface area contributed by atoms with Crippen LogP contribution in [0.5, 0.6) is 5.75 Å². The number of fused-ring (bicyclic) bond motifs is 1. The van der Waals surface area contributed by atoms with E-state index in [1.54, 1.807) is 23.1 Å². The van der Waals surface area contributed by atoms with E-state index in [0.717, 1.165) is 0 Å². The number of carbonyl (C=O) groups excluding carboxylic acids is 3. The molecule has 0 aromatic heterocycles. The smallest absolute Gasteiger partial charge is 0.306 e. The van der Waals surface area contributed by atoms with Crippen LogP contribution in [0.15, 0.2) is 18.2 Å². The molecule has 1 N–H and O–H groups in total. The molecule has 1 aliphatic heterocycles. The molecule has 0 saturated carbocycles. The number of carbonyl (C=O) groups is 3. The molecule has 0 fully saturated rings. The summed E-state index contributed by atoms with van der Waals surface area (Å²) in [7, 11) is 1.28. The first-order valence-corrected chi connectivity index (χ1v) is 6.93. The molecular weight excluding hydrogens is 288 g/mol. The lowest BCUT2D eigenvalue weighted by Gasteiger charge is -2.29. The number of esters is 1. The molecule has 1 heterocycles. The highest BCUT2D eigenvalue weighted by atomic mass is 16.5. The maximum atomic E-state index is 11.7. The number of hydrogen-bond donors (Lipinski definition) is 1. The summed E-state index contributed by atoms with van der Waals surface area (Å²) in [4.78, 5) is 35.9. The van der Waals surface area contributed by atoms with Crippen LogP contribution in [0.2, 0.25) is 0 Å². The number of nitrogens with one attached hydrogen (secondary N) is 1. The van der Waals surface area contributed by atoms with E-state index in [1.165, 1.54) is 14.0 Å². The van der Waals surface area contributed by atoms with Crippen molar-refractivity contribution in [1.29, 1.82) is 0 Å². The standard InChI is InChI=1S/C15H18N2O5/c1-10(18)17-7-8-22-13-9-11(3-4-12(13)17)16-14(19)5-6-15(20)21-2/h3-4,9H,5-8H2,1-2H3,(H,16,19). The minimum Gasteiger partial charge on any atom is -0.489 e. The summed E-state index contributed by atoms with van der Waals surface area (Å²) in [6.07, 6.45) is 0.0755. The highest BCUT2D eigenvalue weighted by Crippen LogP contribution is 2.34. The Morgan fingerprint density at radius 3 is 2.77 bits per heavy atom. The second-order valence-corrected chi connectivity index (χ2v) is 4.83. The summed E-state index contributed by atoms with van der Waals surface area (Å²) in [5, 5.41) is 2.69. The molecule has 118 valence electrons. The lowest BCUT2D eigenvalue weighted by Crippen LogP contribution is -2.36. The zero-order chi connectivity index (χ0) is 16.1. The molecule has 0 spiro atoms. The molecule has 7 nitrogen and oxygen atoms in total. The van der Waals surface area contributed by atoms with E-state index >= 15 is 0 Å². The molecule has 0 atom stereocenters.